The summed E-state index contributed by atoms with van der Waals surface area (Å²) in [6.45, 7) is 4.43. The summed E-state index contributed by atoms with van der Waals surface area (Å²) in [5.41, 5.74) is 5.37. The molecule has 0 saturated heterocycles. The molecule has 2 rings (SSSR count). The third-order valence-corrected chi connectivity index (χ3v) is 5.22. The Morgan fingerprint density at radius 2 is 1.86 bits per heavy atom. The summed E-state index contributed by atoms with van der Waals surface area (Å²) >= 11 is 2.72. The molecule has 0 fully saturated rings. The van der Waals surface area contributed by atoms with E-state index >= 15 is 0 Å². The molecule has 0 N–H and O–H groups in total. The standard InChI is InChI=1S/C19H21P.V/c1-15(13-17-9-5-3-6-10-17)16(2)14-19(20)18-11-7-4-8-12-18;/h3,5-7,9-12,20H,4,8,14H2,1-2H3;/b16-15+;. The van der Waals surface area contributed by atoms with E-state index < -0.39 is 0 Å². The molecule has 0 radical (unpaired) electrons. The van der Waals surface area contributed by atoms with Gasteiger partial charge in [-0.1, -0.05) is 0 Å². The molecule has 0 nitrogen and oxygen atoms in total. The van der Waals surface area contributed by atoms with E-state index in [1.165, 1.54) is 31.8 Å². The molecule has 0 aromatic heterocycles. The van der Waals surface area contributed by atoms with E-state index in [0.717, 1.165) is 19.3 Å². The topological polar surface area (TPSA) is 0 Å². The molecule has 21 heavy (non-hydrogen) atoms. The summed E-state index contributed by atoms with van der Waals surface area (Å²) in [7, 11) is 3.82. The molecule has 1 aliphatic carbocycles. The molecule has 0 unspecified atom stereocenters. The van der Waals surface area contributed by atoms with E-state index in [1.807, 2.05) is 0 Å². The molecule has 0 heterocycles. The van der Waals surface area contributed by atoms with E-state index in [1.54, 1.807) is 0 Å². The fraction of sp³-hybridized carbons (Fsp3) is 0.263. The van der Waals surface area contributed by atoms with Gasteiger partial charge in [0.25, 0.3) is 0 Å². The van der Waals surface area contributed by atoms with E-state index in [4.69, 9.17) is 0 Å². The third kappa shape index (κ3) is 4.52. The Morgan fingerprint density at radius 3 is 2.48 bits per heavy atom. The van der Waals surface area contributed by atoms with Gasteiger partial charge in [-0.2, -0.15) is 0 Å². The molecule has 1 aliphatic rings. The molecule has 2 heteroatoms. The average Bonchev–Trinajstić information content (AvgIpc) is 2.55. The van der Waals surface area contributed by atoms with Crippen LogP contribution < -0.4 is 0 Å². The van der Waals surface area contributed by atoms with Crippen LogP contribution >= 0.6 is 8.86 Å². The maximum absolute atomic E-state index is 3.82. The zero-order valence-corrected chi connectivity index (χ0v) is 15.1. The predicted octanol–water partition coefficient (Wildman–Crippen LogP) is 5.07. The molecule has 0 spiro atoms. The van der Waals surface area contributed by atoms with Crippen molar-refractivity contribution in [2.45, 2.75) is 33.1 Å². The van der Waals surface area contributed by atoms with Gasteiger partial charge in [0.1, 0.15) is 0 Å². The summed E-state index contributed by atoms with van der Waals surface area (Å²) in [4.78, 5) is 0. The summed E-state index contributed by atoms with van der Waals surface area (Å²) in [5, 5.41) is 1.27. The van der Waals surface area contributed by atoms with Gasteiger partial charge in [-0.15, -0.1) is 0 Å². The van der Waals surface area contributed by atoms with Crippen LogP contribution in [0.1, 0.15) is 38.7 Å². The van der Waals surface area contributed by atoms with Crippen LogP contribution in [0.25, 0.3) is 0 Å². The molecule has 0 atom stereocenters. The van der Waals surface area contributed by atoms with Crippen LogP contribution in [0.3, 0.4) is 0 Å². The summed E-state index contributed by atoms with van der Waals surface area (Å²) in [5.74, 6) is 0. The Labute approximate surface area is 139 Å². The molecule has 1 aromatic rings. The Morgan fingerprint density at radius 1 is 1.14 bits per heavy atom. The van der Waals surface area contributed by atoms with Gasteiger partial charge in [0.05, 0.1) is 0 Å². The first-order chi connectivity index (χ1) is 10.1. The van der Waals surface area contributed by atoms with Crippen molar-refractivity contribution in [2.24, 2.45) is 0 Å². The second kappa shape index (κ2) is 7.90. The monoisotopic (exact) mass is 331 g/mol. The first kappa shape index (κ1) is 16.4. The van der Waals surface area contributed by atoms with Crippen LogP contribution in [0.4, 0.5) is 0 Å². The number of allylic oxidation sites excluding steroid dienone is 6. The van der Waals surface area contributed by atoms with Gasteiger partial charge in [-0.05, 0) is 0 Å². The van der Waals surface area contributed by atoms with Crippen molar-refractivity contribution in [3.05, 3.63) is 70.8 Å². The quantitative estimate of drug-likeness (QED) is 0.661. The number of rotatable bonds is 5. The average molecular weight is 331 g/mol. The minimum atomic E-state index is 0.965. The van der Waals surface area contributed by atoms with Gasteiger partial charge in [0, 0.05) is 0 Å². The Balaban J connectivity index is 2.12. The maximum atomic E-state index is 3.82. The van der Waals surface area contributed by atoms with Crippen LogP contribution in [0.5, 0.6) is 0 Å². The number of benzene rings is 1. The fourth-order valence-corrected chi connectivity index (χ4v) is 3.33. The van der Waals surface area contributed by atoms with Crippen LogP contribution in [0.15, 0.2) is 65.3 Å². The Hall–Kier alpha value is -0.936. The zero-order chi connectivity index (χ0) is 15.2. The number of hydrogen-bond donors (Lipinski definition) is 0. The van der Waals surface area contributed by atoms with Crippen LogP contribution in [-0.4, -0.2) is 9.52 Å². The van der Waals surface area contributed by atoms with Crippen molar-refractivity contribution >= 4 is 18.4 Å². The van der Waals surface area contributed by atoms with Crippen molar-refractivity contribution in [2.75, 3.05) is 0 Å². The van der Waals surface area contributed by atoms with Crippen molar-refractivity contribution in [1.29, 1.82) is 0 Å². The Bertz CT molecular complexity index is 633. The molecule has 107 valence electrons. The van der Waals surface area contributed by atoms with Gasteiger partial charge in [-0.3, -0.25) is 0 Å². The van der Waals surface area contributed by atoms with Crippen LogP contribution in [0.2, 0.25) is 0 Å². The summed E-state index contributed by atoms with van der Waals surface area (Å²) in [6.07, 6.45) is 10.1. The van der Waals surface area contributed by atoms with E-state index in [-0.39, 0.29) is 0 Å². The first-order valence-electron chi connectivity index (χ1n) is 7.32. The van der Waals surface area contributed by atoms with Crippen LogP contribution in [0, 0.1) is 0 Å². The van der Waals surface area contributed by atoms with E-state index in [2.05, 4.69) is 88.2 Å². The third-order valence-electron chi connectivity index (χ3n) is 3.83. The van der Waals surface area contributed by atoms with Crippen molar-refractivity contribution in [1.82, 2.24) is 0 Å². The fourth-order valence-electron chi connectivity index (χ4n) is 2.35. The summed E-state index contributed by atoms with van der Waals surface area (Å²) < 4.78 is 1.30. The van der Waals surface area contributed by atoms with E-state index in [9.17, 15) is 0 Å². The van der Waals surface area contributed by atoms with Crippen molar-refractivity contribution in [3.63, 3.8) is 0 Å². The molecular weight excluding hydrogens is 310 g/mol. The van der Waals surface area contributed by atoms with Gasteiger partial charge in [0.15, 0.2) is 0 Å². The second-order valence-electron chi connectivity index (χ2n) is 5.41. The van der Waals surface area contributed by atoms with Gasteiger partial charge in [-0.25, -0.2) is 0 Å². The molecule has 0 bridgehead atoms. The number of hydrogen-bond acceptors (Lipinski definition) is 0. The summed E-state index contributed by atoms with van der Waals surface area (Å²) in [6, 6.07) is 10.6. The van der Waals surface area contributed by atoms with Gasteiger partial charge in [0.2, 0.25) is 0 Å². The van der Waals surface area contributed by atoms with Gasteiger partial charge >= 0.3 is 139 Å². The molecule has 0 amide bonds. The van der Waals surface area contributed by atoms with Crippen LogP contribution in [-0.2, 0) is 17.0 Å². The van der Waals surface area contributed by atoms with E-state index in [0.29, 0.717) is 0 Å². The van der Waals surface area contributed by atoms with Crippen molar-refractivity contribution < 1.29 is 17.0 Å². The zero-order valence-electron chi connectivity index (χ0n) is 12.7. The Kier molecular flexibility index (Phi) is 6.18. The SMILES string of the molecule is C/C(CC(=P)C1=CCCC=C1)=C(/C)[C](=[V])c1ccccc1. The van der Waals surface area contributed by atoms with Gasteiger partial charge < -0.3 is 0 Å². The minimum absolute atomic E-state index is 0.965. The normalized spacial score (nSPS) is 15.2. The molecular formula is C19H21PV. The van der Waals surface area contributed by atoms with Crippen molar-refractivity contribution in [3.8, 4) is 0 Å². The second-order valence-corrected chi connectivity index (χ2v) is 6.72. The first-order valence-corrected chi connectivity index (χ1v) is 8.52. The molecule has 1 aromatic carbocycles. The molecule has 0 saturated carbocycles. The predicted molar refractivity (Wildman–Crippen MR) is 93.3 cm³/mol. The molecule has 0 aliphatic heterocycles.